The molecule has 2 aromatic carbocycles. The Morgan fingerprint density at radius 1 is 0.758 bits per heavy atom. The Labute approximate surface area is 388 Å². The molecule has 66 heavy (non-hydrogen) atoms. The first-order valence-electron chi connectivity index (χ1n) is 21.1. The van der Waals surface area contributed by atoms with Gasteiger partial charge in [-0.3, -0.25) is 47.9 Å². The van der Waals surface area contributed by atoms with Gasteiger partial charge < -0.3 is 64.4 Å². The highest BCUT2D eigenvalue weighted by atomic mass is 33.1. The molecule has 4 rings (SSSR count). The van der Waals surface area contributed by atoms with Crippen LogP contribution in [-0.2, 0) is 60.8 Å². The number of carbonyl (C=O) groups excluding carboxylic acids is 10. The van der Waals surface area contributed by atoms with Crippen LogP contribution in [0.2, 0.25) is 0 Å². The molecule has 0 bridgehead atoms. The topological polar surface area (TPSA) is 351 Å². The average Bonchev–Trinajstić information content (AvgIpc) is 3.83. The van der Waals surface area contributed by atoms with Gasteiger partial charge in [-0.25, -0.2) is 0 Å². The zero-order chi connectivity index (χ0) is 48.3. The van der Waals surface area contributed by atoms with Crippen molar-refractivity contribution >= 4 is 80.7 Å². The lowest BCUT2D eigenvalue weighted by Gasteiger charge is -2.27. The third-order valence-electron chi connectivity index (χ3n) is 10.3. The number of benzene rings is 2. The van der Waals surface area contributed by atoms with Gasteiger partial charge in [-0.15, -0.1) is 0 Å². The molecule has 0 aliphatic carbocycles. The van der Waals surface area contributed by atoms with Gasteiger partial charge in [0.05, 0.1) is 25.1 Å². The van der Waals surface area contributed by atoms with Crippen molar-refractivity contribution in [2.45, 2.75) is 100 Å². The van der Waals surface area contributed by atoms with Gasteiger partial charge >= 0.3 is 0 Å². The number of nitrogens with one attached hydrogen (secondary N) is 9. The number of carbonyl (C=O) groups is 10. The molecule has 2 fully saturated rings. The Morgan fingerprint density at radius 3 is 1.98 bits per heavy atom. The summed E-state index contributed by atoms with van der Waals surface area (Å²) in [5, 5.41) is 33.4. The lowest BCUT2D eigenvalue weighted by atomic mass is 10.0. The van der Waals surface area contributed by atoms with E-state index in [1.54, 1.807) is 60.7 Å². The number of nitrogens with two attached hydrogens (primary N) is 2. The maximum absolute atomic E-state index is 14.1. The number of aliphatic hydroxyl groups is 1. The van der Waals surface area contributed by atoms with E-state index in [1.807, 2.05) is 0 Å². The van der Waals surface area contributed by atoms with E-state index in [-0.39, 0.29) is 24.3 Å². The summed E-state index contributed by atoms with van der Waals surface area (Å²) in [6.07, 6.45) is -1.05. The van der Waals surface area contributed by atoms with E-state index in [9.17, 15) is 53.1 Å². The fraction of sp³-hybridized carbons (Fsp3) is 0.476. The smallest absolute Gasteiger partial charge is 0.245 e. The molecule has 9 unspecified atom stereocenters. The van der Waals surface area contributed by atoms with Gasteiger partial charge in [0.25, 0.3) is 0 Å². The van der Waals surface area contributed by atoms with Crippen molar-refractivity contribution in [3.05, 3.63) is 71.8 Å². The fourth-order valence-corrected chi connectivity index (χ4v) is 9.06. The molecule has 22 nitrogen and oxygen atoms in total. The first-order chi connectivity index (χ1) is 31.4. The van der Waals surface area contributed by atoms with Crippen LogP contribution in [0.5, 0.6) is 0 Å². The molecular formula is C42H57N11O11S2. The van der Waals surface area contributed by atoms with Crippen molar-refractivity contribution in [3.63, 3.8) is 0 Å². The summed E-state index contributed by atoms with van der Waals surface area (Å²) in [6.45, 7) is 2.39. The monoisotopic (exact) mass is 955 g/mol. The number of rotatable bonds is 12. The van der Waals surface area contributed by atoms with Gasteiger partial charge in [0.15, 0.2) is 0 Å². The molecule has 24 heteroatoms. The molecule has 2 heterocycles. The molecule has 2 saturated heterocycles. The van der Waals surface area contributed by atoms with E-state index < -0.39 is 126 Å². The summed E-state index contributed by atoms with van der Waals surface area (Å²) in [6, 6.07) is 6.57. The number of primary amides is 2. The molecule has 2 aliphatic rings. The minimum absolute atomic E-state index is 0.0298. The highest BCUT2D eigenvalue weighted by molar-refractivity contribution is 8.76. The van der Waals surface area contributed by atoms with Gasteiger partial charge in [-0.05, 0) is 44.4 Å². The lowest BCUT2D eigenvalue weighted by molar-refractivity contribution is -0.136. The van der Waals surface area contributed by atoms with Gasteiger partial charge in [0.1, 0.15) is 42.3 Å². The van der Waals surface area contributed by atoms with E-state index in [2.05, 4.69) is 47.9 Å². The van der Waals surface area contributed by atoms with Crippen LogP contribution in [0, 0.1) is 0 Å². The largest absolute Gasteiger partial charge is 0.391 e. The van der Waals surface area contributed by atoms with E-state index in [0.29, 0.717) is 24.1 Å². The van der Waals surface area contributed by atoms with Crippen molar-refractivity contribution < 1.29 is 53.1 Å². The van der Waals surface area contributed by atoms with Crippen LogP contribution in [0.4, 0.5) is 0 Å². The summed E-state index contributed by atoms with van der Waals surface area (Å²) >= 11 is 0. The van der Waals surface area contributed by atoms with Gasteiger partial charge in [0, 0.05) is 24.3 Å². The number of hydrogen-bond acceptors (Lipinski definition) is 14. The second-order valence-corrected chi connectivity index (χ2v) is 18.3. The quantitative estimate of drug-likeness (QED) is 0.0901. The summed E-state index contributed by atoms with van der Waals surface area (Å²) in [4.78, 5) is 133. The summed E-state index contributed by atoms with van der Waals surface area (Å²) in [5.41, 5.74) is 12.3. The van der Waals surface area contributed by atoms with Gasteiger partial charge in [-0.1, -0.05) is 82.3 Å². The average molecular weight is 956 g/mol. The number of aliphatic hydroxyl groups excluding tert-OH is 1. The Bertz CT molecular complexity index is 2060. The second-order valence-electron chi connectivity index (χ2n) is 15.7. The molecule has 2 aromatic rings. The standard InChI is InChI=1S/C42H57N11O11S2/c1-22-36(58)49-28(17-25-12-7-4-8-13-25)40(62)53-34(23(2)54)42(64)46-19-33(56)48-30(35(44)57)20-65-66-21-31(41(63)51-29(18-32(43)55)38(60)47-22)52-39(61)27(16-24-10-5-3-6-11-24)50-37(59)26-14-9-15-45-26/h3-8,10-13,22-23,26-31,34,45,54H,9,14-21H2,1-2H3,(H2,43,55)(H2,44,57)(H,46,64)(H,47,60)(H,48,56)(H,49,58)(H,50,59)(H,51,63)(H,52,61)(H,53,62). The van der Waals surface area contributed by atoms with Crippen molar-refractivity contribution in [1.29, 1.82) is 0 Å². The third-order valence-corrected chi connectivity index (χ3v) is 12.8. The minimum atomic E-state index is -1.69. The van der Waals surface area contributed by atoms with Crippen LogP contribution >= 0.6 is 21.6 Å². The van der Waals surface area contributed by atoms with Gasteiger partial charge in [0.2, 0.25) is 59.1 Å². The number of hydrogen-bond donors (Lipinski definition) is 12. The Balaban J connectivity index is 1.66. The maximum Gasteiger partial charge on any atom is 0.245 e. The minimum Gasteiger partial charge on any atom is -0.391 e. The molecule has 0 saturated carbocycles. The summed E-state index contributed by atoms with van der Waals surface area (Å²) in [5.74, 6) is -9.29. The van der Waals surface area contributed by atoms with Crippen molar-refractivity contribution in [2.24, 2.45) is 11.5 Å². The highest BCUT2D eigenvalue weighted by Crippen LogP contribution is 2.23. The van der Waals surface area contributed by atoms with Crippen molar-refractivity contribution in [3.8, 4) is 0 Å². The molecule has 0 spiro atoms. The molecular weight excluding hydrogens is 899 g/mol. The van der Waals surface area contributed by atoms with Crippen molar-refractivity contribution in [1.82, 2.24) is 47.9 Å². The van der Waals surface area contributed by atoms with E-state index in [4.69, 9.17) is 11.5 Å². The molecule has 2 aliphatic heterocycles. The van der Waals surface area contributed by atoms with Crippen LogP contribution in [0.3, 0.4) is 0 Å². The highest BCUT2D eigenvalue weighted by Gasteiger charge is 2.35. The van der Waals surface area contributed by atoms with Crippen LogP contribution in [0.25, 0.3) is 0 Å². The maximum atomic E-state index is 14.1. The first-order valence-corrected chi connectivity index (χ1v) is 23.6. The molecule has 10 amide bonds. The molecule has 358 valence electrons. The Morgan fingerprint density at radius 2 is 1.38 bits per heavy atom. The zero-order valence-corrected chi connectivity index (χ0v) is 38.0. The first kappa shape index (κ1) is 52.4. The van der Waals surface area contributed by atoms with Crippen molar-refractivity contribution in [2.75, 3.05) is 24.6 Å². The predicted molar refractivity (Wildman–Crippen MR) is 243 cm³/mol. The Hall–Kier alpha value is -6.24. The number of amides is 10. The van der Waals surface area contributed by atoms with Crippen LogP contribution in [0.1, 0.15) is 44.2 Å². The normalized spacial score (nSPS) is 25.2. The summed E-state index contributed by atoms with van der Waals surface area (Å²) in [7, 11) is 1.92. The third kappa shape index (κ3) is 17.0. The lowest BCUT2D eigenvalue weighted by Crippen LogP contribution is -2.61. The molecule has 0 aromatic heterocycles. The second kappa shape index (κ2) is 26.0. The van der Waals surface area contributed by atoms with E-state index >= 15 is 0 Å². The molecule has 0 radical (unpaired) electrons. The fourth-order valence-electron chi connectivity index (χ4n) is 6.72. The predicted octanol–water partition coefficient (Wildman–Crippen LogP) is -4.11. The van der Waals surface area contributed by atoms with Crippen LogP contribution in [-0.4, -0.2) is 143 Å². The zero-order valence-electron chi connectivity index (χ0n) is 36.3. The van der Waals surface area contributed by atoms with Crippen LogP contribution in [0.15, 0.2) is 60.7 Å². The van der Waals surface area contributed by atoms with Crippen LogP contribution < -0.4 is 59.3 Å². The summed E-state index contributed by atoms with van der Waals surface area (Å²) < 4.78 is 0. The van der Waals surface area contributed by atoms with E-state index in [0.717, 1.165) is 28.0 Å². The molecule has 14 N–H and O–H groups in total. The van der Waals surface area contributed by atoms with Gasteiger partial charge in [-0.2, -0.15) is 0 Å². The SMILES string of the molecule is CC1NC(=O)C(CC(N)=O)NC(=O)C(NC(=O)C(Cc2ccccc2)NC(=O)C2CCCN2)CSSCC(C(N)=O)NC(=O)CNC(=O)C(C(C)O)NC(=O)C(Cc2ccccc2)NC1=O. The molecule has 9 atom stereocenters. The van der Waals surface area contributed by atoms with E-state index in [1.165, 1.54) is 13.8 Å². The Kier molecular flexibility index (Phi) is 20.7.